The number of carbonyl (C=O) groups excluding carboxylic acids is 5. The molecule has 4 N–H and O–H groups in total. The van der Waals surface area contributed by atoms with E-state index in [4.69, 9.17) is 14.2 Å². The average molecular weight is 638 g/mol. The minimum absolute atomic E-state index is 0.0114. The molecule has 0 radical (unpaired) electrons. The Labute approximate surface area is 268 Å². The number of rotatable bonds is 5. The lowest BCUT2D eigenvalue weighted by molar-refractivity contribution is -0.137. The Morgan fingerprint density at radius 1 is 0.957 bits per heavy atom. The Hall–Kier alpha value is -4.81. The van der Waals surface area contributed by atoms with E-state index < -0.39 is 17.9 Å². The first-order valence-electron chi connectivity index (χ1n) is 15.5. The number of hydrogen-bond donors (Lipinski definition) is 4. The van der Waals surface area contributed by atoms with Gasteiger partial charge < -0.3 is 40.4 Å². The molecule has 1 fully saturated rings. The molecule has 2 aromatic rings. The Bertz CT molecular complexity index is 1450. The zero-order chi connectivity index (χ0) is 33.2. The van der Waals surface area contributed by atoms with E-state index in [1.807, 2.05) is 13.8 Å². The van der Waals surface area contributed by atoms with Gasteiger partial charge in [-0.25, -0.2) is 0 Å². The first kappa shape index (κ1) is 34.1. The van der Waals surface area contributed by atoms with Gasteiger partial charge in [0.25, 0.3) is 5.91 Å². The maximum absolute atomic E-state index is 13.5. The summed E-state index contributed by atoms with van der Waals surface area (Å²) in [6.07, 6.45) is 2.05. The lowest BCUT2D eigenvalue weighted by Crippen LogP contribution is -2.52. The van der Waals surface area contributed by atoms with E-state index in [1.54, 1.807) is 36.4 Å². The summed E-state index contributed by atoms with van der Waals surface area (Å²) < 4.78 is 17.3. The van der Waals surface area contributed by atoms with Crippen molar-refractivity contribution in [2.45, 2.75) is 64.6 Å². The average Bonchev–Trinajstić information content (AvgIpc) is 3.45. The molecule has 2 atom stereocenters. The molecule has 0 spiro atoms. The van der Waals surface area contributed by atoms with Crippen LogP contribution in [-0.2, 0) is 25.7 Å². The molecule has 248 valence electrons. The van der Waals surface area contributed by atoms with E-state index in [-0.39, 0.29) is 55.7 Å². The summed E-state index contributed by atoms with van der Waals surface area (Å²) in [6, 6.07) is 8.89. The Balaban J connectivity index is 1.62. The normalized spacial score (nSPS) is 20.0. The number of amides is 5. The topological polar surface area (TPSA) is 164 Å². The summed E-state index contributed by atoms with van der Waals surface area (Å²) in [6.45, 7) is 4.00. The highest BCUT2D eigenvalue weighted by molar-refractivity contribution is 5.95. The molecule has 1 saturated heterocycles. The van der Waals surface area contributed by atoms with Gasteiger partial charge in [0.1, 0.15) is 17.5 Å². The highest BCUT2D eigenvalue weighted by Gasteiger charge is 2.29. The summed E-state index contributed by atoms with van der Waals surface area (Å²) in [5, 5.41) is 11.4. The third-order valence-electron chi connectivity index (χ3n) is 7.99. The minimum atomic E-state index is -0.879. The van der Waals surface area contributed by atoms with Crippen molar-refractivity contribution in [3.8, 4) is 23.0 Å². The first-order valence-corrected chi connectivity index (χ1v) is 15.5. The van der Waals surface area contributed by atoms with Gasteiger partial charge in [-0.3, -0.25) is 24.0 Å². The van der Waals surface area contributed by atoms with E-state index in [0.717, 1.165) is 0 Å². The fourth-order valence-electron chi connectivity index (χ4n) is 5.43. The van der Waals surface area contributed by atoms with Crippen molar-refractivity contribution in [2.75, 3.05) is 33.9 Å². The molecular weight excluding hydrogens is 594 g/mol. The van der Waals surface area contributed by atoms with Gasteiger partial charge in [0.2, 0.25) is 23.6 Å². The predicted octanol–water partition coefficient (Wildman–Crippen LogP) is 2.27. The van der Waals surface area contributed by atoms with Crippen molar-refractivity contribution in [3.63, 3.8) is 0 Å². The zero-order valence-electron chi connectivity index (χ0n) is 26.8. The van der Waals surface area contributed by atoms with Gasteiger partial charge in [-0.2, -0.15) is 0 Å². The van der Waals surface area contributed by atoms with Crippen LogP contribution in [0, 0.1) is 5.92 Å². The third-order valence-corrected chi connectivity index (χ3v) is 7.99. The second kappa shape index (κ2) is 16.0. The number of benzene rings is 2. The zero-order valence-corrected chi connectivity index (χ0v) is 26.8. The summed E-state index contributed by atoms with van der Waals surface area (Å²) in [4.78, 5) is 66.1. The van der Waals surface area contributed by atoms with Crippen molar-refractivity contribution >= 4 is 29.5 Å². The Kier molecular flexibility index (Phi) is 11.8. The molecule has 4 rings (SSSR count). The minimum Gasteiger partial charge on any atom is -0.496 e. The fraction of sp³-hybridized carbons (Fsp3) is 0.485. The molecule has 0 aliphatic carbocycles. The van der Waals surface area contributed by atoms with Gasteiger partial charge in [-0.1, -0.05) is 19.9 Å². The second-order valence-electron chi connectivity index (χ2n) is 11.7. The van der Waals surface area contributed by atoms with Crippen LogP contribution in [-0.4, -0.2) is 80.4 Å². The van der Waals surface area contributed by atoms with Crippen LogP contribution in [0.4, 0.5) is 0 Å². The Morgan fingerprint density at radius 2 is 1.74 bits per heavy atom. The van der Waals surface area contributed by atoms with Crippen LogP contribution in [0.1, 0.15) is 61.9 Å². The monoisotopic (exact) mass is 637 g/mol. The first-order chi connectivity index (χ1) is 22.1. The van der Waals surface area contributed by atoms with E-state index in [9.17, 15) is 24.0 Å². The molecule has 0 saturated carbocycles. The number of ether oxygens (including phenoxy) is 3. The molecule has 5 amide bonds. The second-order valence-corrected chi connectivity index (χ2v) is 11.7. The van der Waals surface area contributed by atoms with Crippen LogP contribution in [0.25, 0.3) is 0 Å². The van der Waals surface area contributed by atoms with Crippen LogP contribution < -0.4 is 35.5 Å². The van der Waals surface area contributed by atoms with Crippen molar-refractivity contribution in [2.24, 2.45) is 5.92 Å². The van der Waals surface area contributed by atoms with Crippen LogP contribution in [0.15, 0.2) is 36.4 Å². The standard InChI is InChI=1S/C33H43N5O8/c1-20(2)31-33(43)35-18-23-24(44-3)8-7-9-25(23)46-27-16-21(10-12-26(27)45-4)32(42)34-14-5-6-15-38(19-29(40)37-31)30(41)17-22-11-13-28(39)36-22/h7-10,12,16,20,22,31H,5-6,11,13-15,17-19H2,1-4H3,(H,34,42)(H,35,43)(H,36,39)(H,37,40)/t22-,31+/m0/s1. The number of nitrogens with zero attached hydrogens (tertiary/aromatic N) is 1. The number of hydrogen-bond acceptors (Lipinski definition) is 8. The quantitative estimate of drug-likeness (QED) is 0.388. The Morgan fingerprint density at radius 3 is 2.43 bits per heavy atom. The molecule has 0 unspecified atom stereocenters. The molecular formula is C33H43N5O8. The number of carbonyl (C=O) groups is 5. The summed E-state index contributed by atoms with van der Waals surface area (Å²) in [5.41, 5.74) is 0.893. The van der Waals surface area contributed by atoms with Crippen molar-refractivity contribution < 1.29 is 38.2 Å². The number of methoxy groups -OCH3 is 2. The van der Waals surface area contributed by atoms with E-state index >= 15 is 0 Å². The van der Waals surface area contributed by atoms with Crippen molar-refractivity contribution in [1.82, 2.24) is 26.2 Å². The van der Waals surface area contributed by atoms with Crippen molar-refractivity contribution in [3.05, 3.63) is 47.5 Å². The largest absolute Gasteiger partial charge is 0.496 e. The van der Waals surface area contributed by atoms with Gasteiger partial charge in [0.05, 0.1) is 32.9 Å². The van der Waals surface area contributed by atoms with E-state index in [2.05, 4.69) is 21.3 Å². The molecule has 0 aromatic heterocycles. The fourth-order valence-corrected chi connectivity index (χ4v) is 5.43. The van der Waals surface area contributed by atoms with Gasteiger partial charge in [-0.05, 0) is 55.5 Å². The third kappa shape index (κ3) is 8.89. The van der Waals surface area contributed by atoms with Gasteiger partial charge in [0.15, 0.2) is 11.5 Å². The predicted molar refractivity (Wildman–Crippen MR) is 169 cm³/mol. The highest BCUT2D eigenvalue weighted by atomic mass is 16.5. The lowest BCUT2D eigenvalue weighted by Gasteiger charge is -2.27. The molecule has 2 heterocycles. The molecule has 2 bridgehead atoms. The van der Waals surface area contributed by atoms with Crippen LogP contribution >= 0.6 is 0 Å². The summed E-state index contributed by atoms with van der Waals surface area (Å²) in [7, 11) is 3.00. The molecule has 13 nitrogen and oxygen atoms in total. The van der Waals surface area contributed by atoms with Crippen LogP contribution in [0.3, 0.4) is 0 Å². The number of nitrogens with one attached hydrogen (secondary N) is 4. The van der Waals surface area contributed by atoms with Gasteiger partial charge in [-0.15, -0.1) is 0 Å². The van der Waals surface area contributed by atoms with Crippen molar-refractivity contribution in [1.29, 1.82) is 0 Å². The molecule has 46 heavy (non-hydrogen) atoms. The van der Waals surface area contributed by atoms with E-state index in [0.29, 0.717) is 66.4 Å². The summed E-state index contributed by atoms with van der Waals surface area (Å²) in [5.74, 6) is -0.301. The van der Waals surface area contributed by atoms with Gasteiger partial charge >= 0.3 is 0 Å². The van der Waals surface area contributed by atoms with Crippen LogP contribution in [0.2, 0.25) is 0 Å². The smallest absolute Gasteiger partial charge is 0.251 e. The maximum atomic E-state index is 13.5. The lowest BCUT2D eigenvalue weighted by atomic mass is 10.0. The molecule has 2 aliphatic rings. The SMILES string of the molecule is COc1ccc2cc1Oc1cccc(OC)c1CNC(=O)[C@@H](C(C)C)NC(=O)CN(C(=O)C[C@@H]1CCC(=O)N1)CCCCNC2=O. The number of fused-ring (bicyclic) bond motifs is 3. The molecule has 13 heteroatoms. The van der Waals surface area contributed by atoms with E-state index in [1.165, 1.54) is 19.1 Å². The van der Waals surface area contributed by atoms with Crippen LogP contribution in [0.5, 0.6) is 23.0 Å². The maximum Gasteiger partial charge on any atom is 0.251 e. The summed E-state index contributed by atoms with van der Waals surface area (Å²) >= 11 is 0. The molecule has 2 aromatic carbocycles. The molecule has 2 aliphatic heterocycles. The van der Waals surface area contributed by atoms with Gasteiger partial charge in [0, 0.05) is 37.5 Å². The highest BCUT2D eigenvalue weighted by Crippen LogP contribution is 2.37.